The lowest BCUT2D eigenvalue weighted by molar-refractivity contribution is -0.384. The highest BCUT2D eigenvalue weighted by Crippen LogP contribution is 2.43. The average molecular weight is 468 g/mol. The zero-order valence-corrected chi connectivity index (χ0v) is 17.2. The Morgan fingerprint density at radius 3 is 2.18 bits per heavy atom. The molecule has 1 fully saturated rings. The Labute approximate surface area is 190 Å². The molecule has 1 heterocycles. The van der Waals surface area contributed by atoms with Crippen LogP contribution in [-0.4, -0.2) is 21.7 Å². The number of nitro groups is 1. The molecule has 0 radical (unpaired) electrons. The number of anilines is 1. The van der Waals surface area contributed by atoms with Crippen molar-refractivity contribution >= 4 is 28.8 Å². The predicted octanol–water partition coefficient (Wildman–Crippen LogP) is 5.24. The normalized spacial score (nSPS) is 17.7. The molecule has 1 atom stereocenters. The molecule has 3 aromatic carbocycles. The highest BCUT2D eigenvalue weighted by atomic mass is 19.4. The van der Waals surface area contributed by atoms with Gasteiger partial charge in [-0.1, -0.05) is 36.4 Å². The van der Waals surface area contributed by atoms with E-state index in [0.717, 1.165) is 35.2 Å². The molecule has 1 N–H and O–H groups in total. The zero-order valence-electron chi connectivity index (χ0n) is 17.2. The smallest absolute Gasteiger partial charge is 0.416 e. The molecule has 172 valence electrons. The van der Waals surface area contributed by atoms with Gasteiger partial charge in [-0.2, -0.15) is 13.2 Å². The lowest BCUT2D eigenvalue weighted by Gasteiger charge is -2.26. The fraction of sp³-hybridized carbons (Fsp3) is 0.0833. The molecule has 0 saturated carbocycles. The quantitative estimate of drug-likeness (QED) is 0.186. The summed E-state index contributed by atoms with van der Waals surface area (Å²) in [6, 6.07) is 15.5. The van der Waals surface area contributed by atoms with E-state index in [1.165, 1.54) is 18.2 Å². The van der Waals surface area contributed by atoms with Crippen molar-refractivity contribution in [2.45, 2.75) is 12.2 Å². The minimum atomic E-state index is -4.68. The van der Waals surface area contributed by atoms with Crippen LogP contribution in [0.5, 0.6) is 0 Å². The van der Waals surface area contributed by atoms with E-state index in [4.69, 9.17) is 0 Å². The molecule has 0 bridgehead atoms. The Bertz CT molecular complexity index is 1320. The number of hydrogen-bond donors (Lipinski definition) is 1. The number of rotatable bonds is 4. The number of aliphatic hydroxyl groups excluding tert-OH is 1. The highest BCUT2D eigenvalue weighted by Gasteiger charge is 2.47. The summed E-state index contributed by atoms with van der Waals surface area (Å²) in [5.74, 6) is -2.81. The summed E-state index contributed by atoms with van der Waals surface area (Å²) in [5.41, 5.74) is -1.36. The van der Waals surface area contributed by atoms with Crippen LogP contribution in [0.4, 0.5) is 24.5 Å². The van der Waals surface area contributed by atoms with Gasteiger partial charge in [-0.05, 0) is 35.9 Å². The third-order valence-electron chi connectivity index (χ3n) is 5.36. The lowest BCUT2D eigenvalue weighted by Crippen LogP contribution is -2.29. The monoisotopic (exact) mass is 468 g/mol. The van der Waals surface area contributed by atoms with E-state index < -0.39 is 40.2 Å². The van der Waals surface area contributed by atoms with Crippen LogP contribution in [0, 0.1) is 10.1 Å². The van der Waals surface area contributed by atoms with E-state index in [1.54, 1.807) is 30.3 Å². The summed E-state index contributed by atoms with van der Waals surface area (Å²) in [6.45, 7) is 0. The van der Waals surface area contributed by atoms with Gasteiger partial charge in [0, 0.05) is 23.4 Å². The first kappa shape index (κ1) is 22.7. The molecular formula is C24H15F3N2O5. The molecule has 3 aromatic rings. The Morgan fingerprint density at radius 1 is 0.941 bits per heavy atom. The van der Waals surface area contributed by atoms with Crippen LogP contribution in [0.1, 0.15) is 22.7 Å². The summed E-state index contributed by atoms with van der Waals surface area (Å²) >= 11 is 0. The third kappa shape index (κ3) is 4.01. The number of benzene rings is 3. The first-order valence-corrected chi connectivity index (χ1v) is 9.87. The summed E-state index contributed by atoms with van der Waals surface area (Å²) in [7, 11) is 0. The molecule has 1 aliphatic heterocycles. The number of carbonyl (C=O) groups is 2. The van der Waals surface area contributed by atoms with Crippen molar-refractivity contribution in [1.29, 1.82) is 0 Å². The maximum atomic E-state index is 13.3. The number of halogens is 3. The minimum Gasteiger partial charge on any atom is -0.507 e. The molecule has 1 amide bonds. The molecule has 0 unspecified atom stereocenters. The van der Waals surface area contributed by atoms with Crippen LogP contribution in [0.3, 0.4) is 0 Å². The summed E-state index contributed by atoms with van der Waals surface area (Å²) in [5, 5.41) is 21.9. The number of nitrogens with zero attached hydrogens (tertiary/aromatic N) is 2. The predicted molar refractivity (Wildman–Crippen MR) is 116 cm³/mol. The number of alkyl halides is 3. The zero-order chi connectivity index (χ0) is 24.6. The van der Waals surface area contributed by atoms with Gasteiger partial charge in [0.15, 0.2) is 0 Å². The number of Topliss-reactive ketones (excluding diaryl/α,β-unsaturated/α-hetero) is 1. The molecule has 7 nitrogen and oxygen atoms in total. The molecule has 0 aromatic heterocycles. The van der Waals surface area contributed by atoms with Gasteiger partial charge in [-0.25, -0.2) is 0 Å². The Balaban J connectivity index is 1.91. The topological polar surface area (TPSA) is 101 Å². The second kappa shape index (κ2) is 8.47. The van der Waals surface area contributed by atoms with Gasteiger partial charge in [0.25, 0.3) is 17.4 Å². The standard InChI is InChI=1S/C24H15F3N2O5/c25-24(26,27)16-7-4-8-18(13-16)28-20(14-5-2-1-3-6-14)19(22(31)23(28)32)21(30)15-9-11-17(12-10-15)29(33)34/h1-13,20,30H/b21-19+/t20-/m1/s1. The van der Waals surface area contributed by atoms with E-state index in [0.29, 0.717) is 5.56 Å². The van der Waals surface area contributed by atoms with Crippen LogP contribution in [0.2, 0.25) is 0 Å². The molecule has 1 saturated heterocycles. The van der Waals surface area contributed by atoms with Crippen molar-refractivity contribution in [3.05, 3.63) is 111 Å². The maximum Gasteiger partial charge on any atom is 0.416 e. The van der Waals surface area contributed by atoms with E-state index in [1.807, 2.05) is 0 Å². The van der Waals surface area contributed by atoms with Crippen LogP contribution in [-0.2, 0) is 15.8 Å². The molecular weight excluding hydrogens is 453 g/mol. The second-order valence-corrected chi connectivity index (χ2v) is 7.43. The van der Waals surface area contributed by atoms with Crippen LogP contribution >= 0.6 is 0 Å². The van der Waals surface area contributed by atoms with Crippen molar-refractivity contribution in [2.24, 2.45) is 0 Å². The SMILES string of the molecule is O=C1C(=O)N(c2cccc(C(F)(F)F)c2)[C@H](c2ccccc2)/C1=C(\O)c1ccc([N+](=O)[O-])cc1. The molecule has 1 aliphatic rings. The lowest BCUT2D eigenvalue weighted by atomic mass is 9.95. The largest absolute Gasteiger partial charge is 0.507 e. The first-order valence-electron chi connectivity index (χ1n) is 9.87. The highest BCUT2D eigenvalue weighted by molar-refractivity contribution is 6.51. The van der Waals surface area contributed by atoms with Gasteiger partial charge >= 0.3 is 6.18 Å². The van der Waals surface area contributed by atoms with Crippen molar-refractivity contribution in [3.8, 4) is 0 Å². The van der Waals surface area contributed by atoms with Gasteiger partial charge in [0.1, 0.15) is 5.76 Å². The fourth-order valence-corrected chi connectivity index (χ4v) is 3.78. The fourth-order valence-electron chi connectivity index (χ4n) is 3.78. The van der Waals surface area contributed by atoms with Gasteiger partial charge in [-0.3, -0.25) is 24.6 Å². The first-order chi connectivity index (χ1) is 16.1. The average Bonchev–Trinajstić information content (AvgIpc) is 3.09. The third-order valence-corrected chi connectivity index (χ3v) is 5.36. The number of non-ortho nitro benzene ring substituents is 1. The molecule has 4 rings (SSSR count). The number of aliphatic hydroxyl groups is 1. The Morgan fingerprint density at radius 2 is 1.59 bits per heavy atom. The van der Waals surface area contributed by atoms with Crippen molar-refractivity contribution in [1.82, 2.24) is 0 Å². The van der Waals surface area contributed by atoms with Gasteiger partial charge in [0.2, 0.25) is 0 Å². The number of ketones is 1. The van der Waals surface area contributed by atoms with Crippen molar-refractivity contribution < 1.29 is 32.8 Å². The number of amides is 1. The summed E-state index contributed by atoms with van der Waals surface area (Å²) in [4.78, 5) is 37.2. The number of carbonyl (C=O) groups excluding carboxylic acids is 2. The van der Waals surface area contributed by atoms with Crippen molar-refractivity contribution in [3.63, 3.8) is 0 Å². The Kier molecular flexibility index (Phi) is 5.66. The van der Waals surface area contributed by atoms with Crippen LogP contribution in [0.15, 0.2) is 84.4 Å². The summed E-state index contributed by atoms with van der Waals surface area (Å²) < 4.78 is 39.9. The molecule has 10 heteroatoms. The number of nitro benzene ring substituents is 1. The van der Waals surface area contributed by atoms with E-state index in [-0.39, 0.29) is 22.5 Å². The van der Waals surface area contributed by atoms with Crippen LogP contribution < -0.4 is 4.90 Å². The van der Waals surface area contributed by atoms with E-state index in [2.05, 4.69) is 0 Å². The molecule has 0 spiro atoms. The number of hydrogen-bond acceptors (Lipinski definition) is 5. The molecule has 0 aliphatic carbocycles. The van der Waals surface area contributed by atoms with Crippen LogP contribution in [0.25, 0.3) is 5.76 Å². The van der Waals surface area contributed by atoms with Gasteiger partial charge in [-0.15, -0.1) is 0 Å². The minimum absolute atomic E-state index is 0.0357. The van der Waals surface area contributed by atoms with E-state index in [9.17, 15) is 38.0 Å². The Hall–Kier alpha value is -4.47. The van der Waals surface area contributed by atoms with Gasteiger partial charge in [0.05, 0.1) is 22.1 Å². The van der Waals surface area contributed by atoms with Crippen molar-refractivity contribution in [2.75, 3.05) is 4.90 Å². The van der Waals surface area contributed by atoms with E-state index >= 15 is 0 Å². The van der Waals surface area contributed by atoms with Gasteiger partial charge < -0.3 is 5.11 Å². The second-order valence-electron chi connectivity index (χ2n) is 7.43. The molecule has 34 heavy (non-hydrogen) atoms. The summed E-state index contributed by atoms with van der Waals surface area (Å²) in [6.07, 6.45) is -4.68. The maximum absolute atomic E-state index is 13.3.